The van der Waals surface area contributed by atoms with Crippen molar-refractivity contribution in [2.24, 2.45) is 5.92 Å². The molecule has 2 N–H and O–H groups in total. The van der Waals surface area contributed by atoms with Crippen LogP contribution in [0, 0.1) is 5.92 Å². The molecule has 1 aromatic heterocycles. The lowest BCUT2D eigenvalue weighted by Gasteiger charge is -2.13. The van der Waals surface area contributed by atoms with Crippen molar-refractivity contribution in [3.8, 4) is 0 Å². The number of nitrogens with one attached hydrogen (secondary N) is 2. The molecule has 0 aromatic carbocycles. The van der Waals surface area contributed by atoms with E-state index in [0.29, 0.717) is 11.0 Å². The van der Waals surface area contributed by atoms with Crippen LogP contribution in [0.4, 0.5) is 5.13 Å². The van der Waals surface area contributed by atoms with Crippen molar-refractivity contribution in [1.29, 1.82) is 0 Å². The topological polar surface area (TPSA) is 66.9 Å². The molecule has 0 spiro atoms. The fraction of sp³-hybridized carbons (Fsp3) is 0.700. The predicted octanol–water partition coefficient (Wildman–Crippen LogP) is 1.04. The van der Waals surface area contributed by atoms with E-state index in [2.05, 4.69) is 27.8 Å². The lowest BCUT2D eigenvalue weighted by Crippen LogP contribution is -2.39. The van der Waals surface area contributed by atoms with Crippen LogP contribution in [0.2, 0.25) is 0 Å². The van der Waals surface area contributed by atoms with Gasteiger partial charge in [0, 0.05) is 0 Å². The summed E-state index contributed by atoms with van der Waals surface area (Å²) in [6, 6.07) is -0.0889. The highest BCUT2D eigenvalue weighted by Gasteiger charge is 2.29. The Morgan fingerprint density at radius 1 is 1.62 bits per heavy atom. The molecule has 0 aliphatic carbocycles. The van der Waals surface area contributed by atoms with Gasteiger partial charge in [-0.15, -0.1) is 10.2 Å². The van der Waals surface area contributed by atoms with Crippen molar-refractivity contribution in [3.63, 3.8) is 0 Å². The van der Waals surface area contributed by atoms with Gasteiger partial charge in [0.1, 0.15) is 5.01 Å². The van der Waals surface area contributed by atoms with Gasteiger partial charge in [-0.05, 0) is 25.3 Å². The Balaban J connectivity index is 1.96. The number of carbonyl (C=O) groups is 1. The third-order valence-electron chi connectivity index (χ3n) is 2.81. The Bertz CT molecular complexity index is 379. The standard InChI is InChI=1S/C10H16N4OS/c1-3-7-13-14-10(16-7)12-9(15)8-6(2)4-5-11-8/h6,8,11H,3-5H2,1-2H3,(H,12,14,15). The Morgan fingerprint density at radius 3 is 3.00 bits per heavy atom. The molecular weight excluding hydrogens is 224 g/mol. The number of amides is 1. The molecule has 1 aliphatic heterocycles. The SMILES string of the molecule is CCc1nnc(NC(=O)C2NCCC2C)s1. The van der Waals surface area contributed by atoms with Crippen LogP contribution in [0.15, 0.2) is 0 Å². The maximum Gasteiger partial charge on any atom is 0.243 e. The van der Waals surface area contributed by atoms with Crippen LogP contribution in [0.25, 0.3) is 0 Å². The second-order valence-corrected chi connectivity index (χ2v) is 5.10. The molecule has 2 heterocycles. The second kappa shape index (κ2) is 4.88. The van der Waals surface area contributed by atoms with Crippen LogP contribution >= 0.6 is 11.3 Å². The number of hydrogen-bond donors (Lipinski definition) is 2. The van der Waals surface area contributed by atoms with E-state index in [1.54, 1.807) is 0 Å². The zero-order valence-electron chi connectivity index (χ0n) is 9.49. The van der Waals surface area contributed by atoms with E-state index in [0.717, 1.165) is 24.4 Å². The molecule has 2 atom stereocenters. The van der Waals surface area contributed by atoms with Gasteiger partial charge in [-0.2, -0.15) is 0 Å². The summed E-state index contributed by atoms with van der Waals surface area (Å²) in [6.45, 7) is 5.02. The summed E-state index contributed by atoms with van der Waals surface area (Å²) in [6.07, 6.45) is 1.90. The largest absolute Gasteiger partial charge is 0.306 e. The van der Waals surface area contributed by atoms with Crippen LogP contribution < -0.4 is 10.6 Å². The first-order valence-corrected chi connectivity index (χ1v) is 6.39. The minimum absolute atomic E-state index is 0.00352. The maximum atomic E-state index is 11.9. The first-order valence-electron chi connectivity index (χ1n) is 5.57. The number of anilines is 1. The Labute approximate surface area is 98.7 Å². The van der Waals surface area contributed by atoms with Gasteiger partial charge in [0.2, 0.25) is 11.0 Å². The van der Waals surface area contributed by atoms with Gasteiger partial charge in [-0.1, -0.05) is 25.2 Å². The molecule has 2 unspecified atom stereocenters. The molecule has 0 bridgehead atoms. The normalized spacial score (nSPS) is 24.6. The first-order chi connectivity index (χ1) is 7.70. The lowest BCUT2D eigenvalue weighted by molar-refractivity contribution is -0.118. The number of hydrogen-bond acceptors (Lipinski definition) is 5. The van der Waals surface area contributed by atoms with Crippen molar-refractivity contribution in [3.05, 3.63) is 5.01 Å². The average molecular weight is 240 g/mol. The predicted molar refractivity (Wildman–Crippen MR) is 63.5 cm³/mol. The van der Waals surface area contributed by atoms with E-state index in [4.69, 9.17) is 0 Å². The molecule has 0 saturated carbocycles. The van der Waals surface area contributed by atoms with E-state index in [1.165, 1.54) is 11.3 Å². The van der Waals surface area contributed by atoms with Gasteiger partial charge in [0.25, 0.3) is 0 Å². The fourth-order valence-electron chi connectivity index (χ4n) is 1.82. The molecule has 1 aromatic rings. The Morgan fingerprint density at radius 2 is 2.44 bits per heavy atom. The van der Waals surface area contributed by atoms with Gasteiger partial charge >= 0.3 is 0 Å². The number of carbonyl (C=O) groups excluding carboxylic acids is 1. The average Bonchev–Trinajstić information content (AvgIpc) is 2.86. The van der Waals surface area contributed by atoms with E-state index < -0.39 is 0 Å². The molecule has 88 valence electrons. The molecule has 1 amide bonds. The highest BCUT2D eigenvalue weighted by molar-refractivity contribution is 7.15. The zero-order chi connectivity index (χ0) is 11.5. The van der Waals surface area contributed by atoms with Gasteiger partial charge < -0.3 is 5.32 Å². The minimum atomic E-state index is -0.0889. The van der Waals surface area contributed by atoms with Crippen LogP contribution in [-0.2, 0) is 11.2 Å². The van der Waals surface area contributed by atoms with E-state index in [9.17, 15) is 4.79 Å². The molecule has 6 heteroatoms. The summed E-state index contributed by atoms with van der Waals surface area (Å²) in [5, 5.41) is 15.4. The van der Waals surface area contributed by atoms with Crippen LogP contribution in [0.5, 0.6) is 0 Å². The van der Waals surface area contributed by atoms with Crippen molar-refractivity contribution in [2.75, 3.05) is 11.9 Å². The van der Waals surface area contributed by atoms with Gasteiger partial charge in [0.05, 0.1) is 6.04 Å². The third kappa shape index (κ3) is 2.38. The second-order valence-electron chi connectivity index (χ2n) is 4.04. The lowest BCUT2D eigenvalue weighted by atomic mass is 10.0. The van der Waals surface area contributed by atoms with Crippen molar-refractivity contribution in [1.82, 2.24) is 15.5 Å². The number of nitrogens with zero attached hydrogens (tertiary/aromatic N) is 2. The van der Waals surface area contributed by atoms with Crippen LogP contribution in [-0.4, -0.2) is 28.7 Å². The summed E-state index contributed by atoms with van der Waals surface area (Å²) >= 11 is 1.44. The highest BCUT2D eigenvalue weighted by atomic mass is 32.1. The number of aromatic nitrogens is 2. The van der Waals surface area contributed by atoms with Crippen molar-refractivity contribution >= 4 is 22.4 Å². The molecular formula is C10H16N4OS. The van der Waals surface area contributed by atoms with Crippen molar-refractivity contribution < 1.29 is 4.79 Å². The van der Waals surface area contributed by atoms with Gasteiger partial charge in [0.15, 0.2) is 0 Å². The molecule has 2 rings (SSSR count). The molecule has 0 radical (unpaired) electrons. The van der Waals surface area contributed by atoms with Crippen LogP contribution in [0.1, 0.15) is 25.3 Å². The monoisotopic (exact) mass is 240 g/mol. The van der Waals surface area contributed by atoms with Crippen LogP contribution in [0.3, 0.4) is 0 Å². The highest BCUT2D eigenvalue weighted by Crippen LogP contribution is 2.19. The van der Waals surface area contributed by atoms with E-state index in [-0.39, 0.29) is 11.9 Å². The zero-order valence-corrected chi connectivity index (χ0v) is 10.3. The van der Waals surface area contributed by atoms with E-state index >= 15 is 0 Å². The maximum absolute atomic E-state index is 11.9. The number of aryl methyl sites for hydroxylation is 1. The molecule has 16 heavy (non-hydrogen) atoms. The summed E-state index contributed by atoms with van der Waals surface area (Å²) in [5.41, 5.74) is 0. The molecule has 1 fully saturated rings. The Kier molecular flexibility index (Phi) is 3.50. The smallest absolute Gasteiger partial charge is 0.243 e. The third-order valence-corrected chi connectivity index (χ3v) is 3.80. The quantitative estimate of drug-likeness (QED) is 0.828. The Hall–Kier alpha value is -1.01. The molecule has 1 saturated heterocycles. The number of rotatable bonds is 3. The minimum Gasteiger partial charge on any atom is -0.306 e. The van der Waals surface area contributed by atoms with Crippen molar-refractivity contribution in [2.45, 2.75) is 32.7 Å². The fourth-order valence-corrected chi connectivity index (χ4v) is 2.50. The van der Waals surface area contributed by atoms with Gasteiger partial charge in [-0.25, -0.2) is 0 Å². The first kappa shape index (κ1) is 11.5. The van der Waals surface area contributed by atoms with Gasteiger partial charge in [-0.3, -0.25) is 10.1 Å². The summed E-state index contributed by atoms with van der Waals surface area (Å²) in [4.78, 5) is 11.9. The van der Waals surface area contributed by atoms with E-state index in [1.807, 2.05) is 6.92 Å². The summed E-state index contributed by atoms with van der Waals surface area (Å²) in [5.74, 6) is 0.391. The molecule has 5 nitrogen and oxygen atoms in total. The molecule has 1 aliphatic rings. The summed E-state index contributed by atoms with van der Waals surface area (Å²) < 4.78 is 0. The summed E-state index contributed by atoms with van der Waals surface area (Å²) in [7, 11) is 0.